The third-order valence-corrected chi connectivity index (χ3v) is 5.72. The number of ether oxygens (including phenoxy) is 1. The summed E-state index contributed by atoms with van der Waals surface area (Å²) in [4.78, 5) is 27.3. The molecule has 160 valence electrons. The maximum atomic E-state index is 12.9. The fourth-order valence-corrected chi connectivity index (χ4v) is 3.93. The first kappa shape index (κ1) is 21.4. The number of amides is 1. The van der Waals surface area contributed by atoms with Crippen molar-refractivity contribution < 1.29 is 14.3 Å². The van der Waals surface area contributed by atoms with Crippen LogP contribution in [-0.4, -0.2) is 39.7 Å². The van der Waals surface area contributed by atoms with Gasteiger partial charge in [0.05, 0.1) is 24.4 Å². The van der Waals surface area contributed by atoms with Gasteiger partial charge in [0.2, 0.25) is 5.91 Å². The standard InChI is InChI=1S/C23H21Cl2N3O3/c1-2-31-23(30)22-19-14-27(21(29)13-15-3-5-16(24)6-4-15)12-11-20(19)28(26-22)18-9-7-17(25)8-10-18/h3-10H,2,11-14H2,1H3. The Morgan fingerprint density at radius 2 is 1.68 bits per heavy atom. The van der Waals surface area contributed by atoms with E-state index in [-0.39, 0.29) is 24.6 Å². The molecule has 31 heavy (non-hydrogen) atoms. The van der Waals surface area contributed by atoms with Gasteiger partial charge in [0.25, 0.3) is 0 Å². The lowest BCUT2D eigenvalue weighted by Gasteiger charge is -2.28. The van der Waals surface area contributed by atoms with Crippen molar-refractivity contribution in [2.75, 3.05) is 13.2 Å². The van der Waals surface area contributed by atoms with Crippen molar-refractivity contribution in [3.8, 4) is 5.69 Å². The van der Waals surface area contributed by atoms with Gasteiger partial charge in [-0.05, 0) is 48.9 Å². The van der Waals surface area contributed by atoms with E-state index in [2.05, 4.69) is 5.10 Å². The summed E-state index contributed by atoms with van der Waals surface area (Å²) in [5, 5.41) is 5.80. The molecule has 0 unspecified atom stereocenters. The number of carbonyl (C=O) groups excluding carboxylic acids is 2. The number of hydrogen-bond donors (Lipinski definition) is 0. The first-order chi connectivity index (χ1) is 15.0. The van der Waals surface area contributed by atoms with Crippen LogP contribution in [0.2, 0.25) is 10.0 Å². The molecule has 0 saturated carbocycles. The van der Waals surface area contributed by atoms with Crippen LogP contribution < -0.4 is 0 Å². The number of hydrogen-bond acceptors (Lipinski definition) is 4. The average Bonchev–Trinajstić information content (AvgIpc) is 3.15. The molecule has 4 rings (SSSR count). The van der Waals surface area contributed by atoms with Gasteiger partial charge in [-0.3, -0.25) is 4.79 Å². The largest absolute Gasteiger partial charge is 0.461 e. The molecule has 1 amide bonds. The van der Waals surface area contributed by atoms with Crippen molar-refractivity contribution in [1.29, 1.82) is 0 Å². The van der Waals surface area contributed by atoms with E-state index in [1.165, 1.54) is 0 Å². The summed E-state index contributed by atoms with van der Waals surface area (Å²) in [5.41, 5.74) is 3.57. The van der Waals surface area contributed by atoms with Crippen LogP contribution >= 0.6 is 23.2 Å². The maximum Gasteiger partial charge on any atom is 0.359 e. The summed E-state index contributed by atoms with van der Waals surface area (Å²) in [7, 11) is 0. The van der Waals surface area contributed by atoms with Crippen molar-refractivity contribution in [1.82, 2.24) is 14.7 Å². The highest BCUT2D eigenvalue weighted by molar-refractivity contribution is 6.30. The molecule has 1 aliphatic rings. The minimum Gasteiger partial charge on any atom is -0.461 e. The zero-order valence-corrected chi connectivity index (χ0v) is 18.5. The molecule has 8 heteroatoms. The predicted octanol–water partition coefficient (Wildman–Crippen LogP) is 4.48. The van der Waals surface area contributed by atoms with E-state index in [4.69, 9.17) is 27.9 Å². The van der Waals surface area contributed by atoms with E-state index in [1.807, 2.05) is 24.3 Å². The highest BCUT2D eigenvalue weighted by Crippen LogP contribution is 2.27. The Morgan fingerprint density at radius 3 is 2.32 bits per heavy atom. The van der Waals surface area contributed by atoms with Crippen molar-refractivity contribution in [3.05, 3.63) is 81.1 Å². The van der Waals surface area contributed by atoms with Crippen LogP contribution in [0.3, 0.4) is 0 Å². The second-order valence-electron chi connectivity index (χ2n) is 7.25. The number of aromatic nitrogens is 2. The number of carbonyl (C=O) groups is 2. The molecular formula is C23H21Cl2N3O3. The first-order valence-electron chi connectivity index (χ1n) is 10.0. The molecule has 0 N–H and O–H groups in total. The van der Waals surface area contributed by atoms with Gasteiger partial charge >= 0.3 is 5.97 Å². The summed E-state index contributed by atoms with van der Waals surface area (Å²) in [6, 6.07) is 14.5. The molecule has 0 fully saturated rings. The normalized spacial score (nSPS) is 13.1. The minimum absolute atomic E-state index is 0.0120. The molecule has 2 heterocycles. The molecule has 0 radical (unpaired) electrons. The lowest BCUT2D eigenvalue weighted by molar-refractivity contribution is -0.131. The molecule has 0 aliphatic carbocycles. The van der Waals surface area contributed by atoms with Crippen molar-refractivity contribution in [2.24, 2.45) is 0 Å². The highest BCUT2D eigenvalue weighted by Gasteiger charge is 2.31. The second kappa shape index (κ2) is 9.12. The molecule has 1 aliphatic heterocycles. The van der Waals surface area contributed by atoms with Crippen LogP contribution in [-0.2, 0) is 28.9 Å². The highest BCUT2D eigenvalue weighted by atomic mass is 35.5. The minimum atomic E-state index is -0.488. The smallest absolute Gasteiger partial charge is 0.359 e. The third-order valence-electron chi connectivity index (χ3n) is 5.22. The molecule has 2 aromatic carbocycles. The molecule has 3 aromatic rings. The van der Waals surface area contributed by atoms with Crippen LogP contribution in [0.25, 0.3) is 5.69 Å². The van der Waals surface area contributed by atoms with Gasteiger partial charge in [0.1, 0.15) is 0 Å². The van der Waals surface area contributed by atoms with E-state index >= 15 is 0 Å². The lowest BCUT2D eigenvalue weighted by Crippen LogP contribution is -2.37. The van der Waals surface area contributed by atoms with Crippen LogP contribution in [0.4, 0.5) is 0 Å². The fourth-order valence-electron chi connectivity index (χ4n) is 3.68. The van der Waals surface area contributed by atoms with Crippen molar-refractivity contribution in [2.45, 2.75) is 26.3 Å². The van der Waals surface area contributed by atoms with Gasteiger partial charge in [-0.2, -0.15) is 5.10 Å². The number of fused-ring (bicyclic) bond motifs is 1. The van der Waals surface area contributed by atoms with Crippen molar-refractivity contribution in [3.63, 3.8) is 0 Å². The Morgan fingerprint density at radius 1 is 1.03 bits per heavy atom. The van der Waals surface area contributed by atoms with Crippen molar-refractivity contribution >= 4 is 35.1 Å². The quantitative estimate of drug-likeness (QED) is 0.529. The van der Waals surface area contributed by atoms with Gasteiger partial charge in [-0.1, -0.05) is 35.3 Å². The van der Waals surface area contributed by atoms with Gasteiger partial charge < -0.3 is 9.64 Å². The molecule has 1 aromatic heterocycles. The summed E-state index contributed by atoms with van der Waals surface area (Å²) in [6.45, 7) is 2.85. The fraction of sp³-hybridized carbons (Fsp3) is 0.261. The SMILES string of the molecule is CCOC(=O)c1nn(-c2ccc(Cl)cc2)c2c1CN(C(=O)Cc1ccc(Cl)cc1)CC2. The molecule has 0 saturated heterocycles. The summed E-state index contributed by atoms with van der Waals surface area (Å²) < 4.78 is 6.96. The zero-order chi connectivity index (χ0) is 22.0. The van der Waals surface area contributed by atoms with E-state index in [0.29, 0.717) is 29.6 Å². The number of esters is 1. The van der Waals surface area contributed by atoms with Crippen LogP contribution in [0.5, 0.6) is 0 Å². The zero-order valence-electron chi connectivity index (χ0n) is 17.0. The number of nitrogens with zero attached hydrogens (tertiary/aromatic N) is 3. The summed E-state index contributed by atoms with van der Waals surface area (Å²) in [6.07, 6.45) is 0.850. The van der Waals surface area contributed by atoms with Crippen LogP contribution in [0.15, 0.2) is 48.5 Å². The molecule has 0 atom stereocenters. The Balaban J connectivity index is 1.63. The van der Waals surface area contributed by atoms with E-state index < -0.39 is 5.97 Å². The van der Waals surface area contributed by atoms with E-state index in [9.17, 15) is 9.59 Å². The van der Waals surface area contributed by atoms with Crippen LogP contribution in [0.1, 0.15) is 34.2 Å². The number of rotatable bonds is 5. The predicted molar refractivity (Wildman–Crippen MR) is 119 cm³/mol. The number of benzene rings is 2. The molecular weight excluding hydrogens is 437 g/mol. The molecule has 0 spiro atoms. The maximum absolute atomic E-state index is 12.9. The third kappa shape index (κ3) is 4.60. The Labute approximate surface area is 190 Å². The van der Waals surface area contributed by atoms with E-state index in [1.54, 1.807) is 40.8 Å². The number of halogens is 2. The summed E-state index contributed by atoms with van der Waals surface area (Å²) in [5.74, 6) is -0.500. The van der Waals surface area contributed by atoms with Gasteiger partial charge in [0, 0.05) is 35.1 Å². The average molecular weight is 458 g/mol. The Bertz CT molecular complexity index is 1110. The molecule has 6 nitrogen and oxygen atoms in total. The monoisotopic (exact) mass is 457 g/mol. The van der Waals surface area contributed by atoms with Gasteiger partial charge in [0.15, 0.2) is 5.69 Å². The van der Waals surface area contributed by atoms with Gasteiger partial charge in [-0.25, -0.2) is 9.48 Å². The lowest BCUT2D eigenvalue weighted by atomic mass is 10.0. The topological polar surface area (TPSA) is 64.4 Å². The van der Waals surface area contributed by atoms with Gasteiger partial charge in [-0.15, -0.1) is 0 Å². The first-order valence-corrected chi connectivity index (χ1v) is 10.8. The Hall–Kier alpha value is -2.83. The Kier molecular flexibility index (Phi) is 6.30. The van der Waals surface area contributed by atoms with Crippen LogP contribution in [0, 0.1) is 0 Å². The molecule has 0 bridgehead atoms. The summed E-state index contributed by atoms with van der Waals surface area (Å²) >= 11 is 11.9. The van der Waals surface area contributed by atoms with E-state index in [0.717, 1.165) is 22.5 Å². The second-order valence-corrected chi connectivity index (χ2v) is 8.12.